The Labute approximate surface area is 148 Å². The van der Waals surface area contributed by atoms with Gasteiger partial charge in [-0.25, -0.2) is 4.79 Å². The largest absolute Gasteiger partial charge is 0.470 e. The summed E-state index contributed by atoms with van der Waals surface area (Å²) in [6, 6.07) is 0. The van der Waals surface area contributed by atoms with Crippen LogP contribution in [0.3, 0.4) is 0 Å². The molecule has 1 fully saturated rings. The summed E-state index contributed by atoms with van der Waals surface area (Å²) < 4.78 is 20.6. The quantitative estimate of drug-likeness (QED) is 0.206. The predicted octanol–water partition coefficient (Wildman–Crippen LogP) is -2.35. The normalized spacial score (nSPS) is 42.7. The van der Waals surface area contributed by atoms with Gasteiger partial charge in [0, 0.05) is 0 Å². The van der Waals surface area contributed by atoms with Gasteiger partial charge in [-0.05, 0) is 11.6 Å². The monoisotopic (exact) mass is 372 g/mol. The van der Waals surface area contributed by atoms with Crippen LogP contribution in [0.5, 0.6) is 0 Å². The van der Waals surface area contributed by atoms with Crippen LogP contribution in [0.15, 0.2) is 36.1 Å². The number of fused-ring (bicyclic) bond motifs is 1. The molecule has 0 aromatic heterocycles. The molecule has 0 radical (unpaired) electrons. The van der Waals surface area contributed by atoms with Gasteiger partial charge in [-0.2, -0.15) is 0 Å². The molecule has 0 aliphatic carbocycles. The summed E-state index contributed by atoms with van der Waals surface area (Å²) in [5.74, 6) is -4.09. The molecule has 0 unspecified atom stereocenters. The molecule has 3 rings (SSSR count). The molecule has 0 bridgehead atoms. The number of carbonyl (C=O) groups excluding carboxylic acids is 1. The lowest BCUT2D eigenvalue weighted by Gasteiger charge is -2.46. The van der Waals surface area contributed by atoms with Crippen LogP contribution in [0.1, 0.15) is 0 Å². The van der Waals surface area contributed by atoms with E-state index >= 15 is 0 Å². The zero-order chi connectivity index (χ0) is 19.1. The second-order valence-corrected chi connectivity index (χ2v) is 6.07. The van der Waals surface area contributed by atoms with Crippen LogP contribution >= 0.6 is 0 Å². The maximum absolute atomic E-state index is 11.8. The van der Waals surface area contributed by atoms with Gasteiger partial charge in [-0.1, -0.05) is 6.08 Å². The van der Waals surface area contributed by atoms with Crippen LogP contribution < -0.4 is 0 Å². The van der Waals surface area contributed by atoms with Gasteiger partial charge < -0.3 is 39.7 Å². The summed E-state index contributed by atoms with van der Waals surface area (Å²) in [4.78, 5) is 11.8. The van der Waals surface area contributed by atoms with Crippen molar-refractivity contribution in [3.8, 4) is 0 Å². The van der Waals surface area contributed by atoms with Crippen LogP contribution in [0, 0.1) is 5.92 Å². The third-order valence-corrected chi connectivity index (χ3v) is 4.49. The minimum absolute atomic E-state index is 0.0451. The van der Waals surface area contributed by atoms with E-state index < -0.39 is 55.2 Å². The fourth-order valence-electron chi connectivity index (χ4n) is 3.04. The third kappa shape index (κ3) is 3.05. The molecule has 3 aliphatic heterocycles. The number of cyclic esters (lactones) is 1. The molecule has 1 saturated heterocycles. The van der Waals surface area contributed by atoms with Crippen LogP contribution in [-0.4, -0.2) is 81.4 Å². The zero-order valence-electron chi connectivity index (χ0n) is 13.6. The first-order valence-electron chi connectivity index (χ1n) is 7.91. The number of carbonyl (C=O) groups is 1. The van der Waals surface area contributed by atoms with Crippen LogP contribution in [-0.2, 0) is 23.7 Å². The first-order valence-corrected chi connectivity index (χ1v) is 7.91. The van der Waals surface area contributed by atoms with E-state index in [0.717, 1.165) is 6.26 Å². The standard InChI is InChI=1S/C16H20O10/c1-2-7-8-3-4-23-14(21)9(8)6-24-15(7)26-16(22)13(20)12(19)11(18)10(5-17)25-16/h2-3,6-7,10-13,15,17-20,22H,1,4-5H2/t7-,10-,11-,12+,13-,15+,16-/m1/s1. The summed E-state index contributed by atoms with van der Waals surface area (Å²) in [5, 5.41) is 49.4. The van der Waals surface area contributed by atoms with E-state index in [2.05, 4.69) is 6.58 Å². The molecule has 26 heavy (non-hydrogen) atoms. The number of esters is 1. The van der Waals surface area contributed by atoms with Crippen molar-refractivity contribution in [2.24, 2.45) is 5.92 Å². The second kappa shape index (κ2) is 7.08. The van der Waals surface area contributed by atoms with Crippen molar-refractivity contribution in [1.82, 2.24) is 0 Å². The van der Waals surface area contributed by atoms with Gasteiger partial charge in [0.2, 0.25) is 6.29 Å². The Morgan fingerprint density at radius 3 is 2.73 bits per heavy atom. The molecular weight excluding hydrogens is 352 g/mol. The van der Waals surface area contributed by atoms with E-state index in [4.69, 9.17) is 18.9 Å². The summed E-state index contributed by atoms with van der Waals surface area (Å²) in [7, 11) is 0. The molecule has 10 heteroatoms. The van der Waals surface area contributed by atoms with Crippen LogP contribution in [0.2, 0.25) is 0 Å². The molecule has 0 amide bonds. The molecule has 7 atom stereocenters. The average Bonchev–Trinajstić information content (AvgIpc) is 2.63. The minimum Gasteiger partial charge on any atom is -0.470 e. The van der Waals surface area contributed by atoms with Gasteiger partial charge in [-0.3, -0.25) is 4.74 Å². The highest BCUT2D eigenvalue weighted by molar-refractivity contribution is 5.94. The van der Waals surface area contributed by atoms with Crippen molar-refractivity contribution in [3.63, 3.8) is 0 Å². The summed E-state index contributed by atoms with van der Waals surface area (Å²) in [6.45, 7) is 2.95. The summed E-state index contributed by atoms with van der Waals surface area (Å²) in [5.41, 5.74) is 0.669. The number of hydrogen-bond acceptors (Lipinski definition) is 10. The molecule has 3 aliphatic rings. The molecule has 0 spiro atoms. The lowest BCUT2D eigenvalue weighted by Crippen LogP contribution is -2.67. The van der Waals surface area contributed by atoms with E-state index in [0.29, 0.717) is 5.57 Å². The van der Waals surface area contributed by atoms with Gasteiger partial charge >= 0.3 is 11.9 Å². The highest BCUT2D eigenvalue weighted by Gasteiger charge is 2.56. The molecule has 0 aromatic rings. The number of hydrogen-bond donors (Lipinski definition) is 5. The number of aliphatic hydroxyl groups is 5. The predicted molar refractivity (Wildman–Crippen MR) is 81.7 cm³/mol. The Balaban J connectivity index is 1.85. The zero-order valence-corrected chi connectivity index (χ0v) is 13.6. The van der Waals surface area contributed by atoms with Gasteiger partial charge in [0.25, 0.3) is 0 Å². The van der Waals surface area contributed by atoms with E-state index in [1.54, 1.807) is 6.08 Å². The minimum atomic E-state index is -2.78. The molecule has 3 heterocycles. The Kier molecular flexibility index (Phi) is 5.17. The maximum Gasteiger partial charge on any atom is 0.341 e. The lowest BCUT2D eigenvalue weighted by molar-refractivity contribution is -0.473. The number of rotatable bonds is 4. The smallest absolute Gasteiger partial charge is 0.341 e. The van der Waals surface area contributed by atoms with E-state index in [9.17, 15) is 30.3 Å². The molecule has 5 N–H and O–H groups in total. The van der Waals surface area contributed by atoms with Gasteiger partial charge in [0.1, 0.15) is 31.2 Å². The topological polar surface area (TPSA) is 155 Å². The van der Waals surface area contributed by atoms with Crippen LogP contribution in [0.25, 0.3) is 0 Å². The fourth-order valence-corrected chi connectivity index (χ4v) is 3.04. The second-order valence-electron chi connectivity index (χ2n) is 6.07. The van der Waals surface area contributed by atoms with Gasteiger partial charge in [0.15, 0.2) is 6.10 Å². The van der Waals surface area contributed by atoms with E-state index in [1.807, 2.05) is 0 Å². The maximum atomic E-state index is 11.8. The van der Waals surface area contributed by atoms with Gasteiger partial charge in [0.05, 0.1) is 18.1 Å². The van der Waals surface area contributed by atoms with Crippen molar-refractivity contribution in [1.29, 1.82) is 0 Å². The number of ether oxygens (including phenoxy) is 4. The Hall–Kier alpha value is -1.79. The SMILES string of the molecule is C=C[C@@H]1C2=CCOC(=O)C2=CO[C@H]1O[C@]1(O)O[C@H](CO)[C@@H](O)[C@H](O)[C@H]1O. The third-order valence-electron chi connectivity index (χ3n) is 4.49. The molecule has 0 aromatic carbocycles. The highest BCUT2D eigenvalue weighted by Crippen LogP contribution is 2.38. The molecule has 10 nitrogen and oxygen atoms in total. The van der Waals surface area contributed by atoms with Crippen molar-refractivity contribution < 1.29 is 49.3 Å². The van der Waals surface area contributed by atoms with Gasteiger partial charge in [-0.15, -0.1) is 6.58 Å². The van der Waals surface area contributed by atoms with E-state index in [1.165, 1.54) is 6.08 Å². The van der Waals surface area contributed by atoms with Crippen molar-refractivity contribution in [2.75, 3.05) is 13.2 Å². The van der Waals surface area contributed by atoms with Crippen molar-refractivity contribution in [3.05, 3.63) is 36.1 Å². The Morgan fingerprint density at radius 2 is 2.08 bits per heavy atom. The first-order chi connectivity index (χ1) is 12.3. The van der Waals surface area contributed by atoms with Crippen LogP contribution in [0.4, 0.5) is 0 Å². The van der Waals surface area contributed by atoms with Crippen molar-refractivity contribution in [2.45, 2.75) is 36.7 Å². The highest BCUT2D eigenvalue weighted by atomic mass is 16.9. The number of aliphatic hydroxyl groups excluding tert-OH is 4. The Bertz CT molecular complexity index is 641. The first kappa shape index (κ1) is 19.0. The van der Waals surface area contributed by atoms with E-state index in [-0.39, 0.29) is 12.2 Å². The Morgan fingerprint density at radius 1 is 1.35 bits per heavy atom. The molecule has 0 saturated carbocycles. The van der Waals surface area contributed by atoms with Crippen molar-refractivity contribution >= 4 is 5.97 Å². The fraction of sp³-hybridized carbons (Fsp3) is 0.562. The average molecular weight is 372 g/mol. The lowest BCUT2D eigenvalue weighted by atomic mass is 9.89. The molecular formula is C16H20O10. The summed E-state index contributed by atoms with van der Waals surface area (Å²) in [6.07, 6.45) is -4.08. The summed E-state index contributed by atoms with van der Waals surface area (Å²) >= 11 is 0. The molecule has 144 valence electrons.